The Labute approximate surface area is 168 Å². The van der Waals surface area contributed by atoms with Crippen molar-refractivity contribution in [3.8, 4) is 28.8 Å². The van der Waals surface area contributed by atoms with Crippen molar-refractivity contribution in [1.29, 1.82) is 5.26 Å². The summed E-state index contributed by atoms with van der Waals surface area (Å²) in [6, 6.07) is 7.70. The van der Waals surface area contributed by atoms with Crippen LogP contribution in [0.25, 0.3) is 11.3 Å². The van der Waals surface area contributed by atoms with Crippen LogP contribution in [0.15, 0.2) is 23.6 Å². The smallest absolute Gasteiger partial charge is 0.230 e. The number of rotatable bonds is 7. The third-order valence-electron chi connectivity index (χ3n) is 4.83. The summed E-state index contributed by atoms with van der Waals surface area (Å²) < 4.78 is 10.7. The lowest BCUT2D eigenvalue weighted by Crippen LogP contribution is -2.41. The van der Waals surface area contributed by atoms with E-state index in [0.29, 0.717) is 29.6 Å². The van der Waals surface area contributed by atoms with Crippen molar-refractivity contribution in [2.75, 3.05) is 39.2 Å². The highest BCUT2D eigenvalue weighted by Crippen LogP contribution is 2.35. The van der Waals surface area contributed by atoms with Crippen LogP contribution in [-0.2, 0) is 4.79 Å². The number of amides is 1. The molecule has 0 saturated carbocycles. The van der Waals surface area contributed by atoms with Gasteiger partial charge in [0.25, 0.3) is 0 Å². The lowest BCUT2D eigenvalue weighted by atomic mass is 9.97. The molecule has 28 heavy (non-hydrogen) atoms. The minimum Gasteiger partial charge on any atom is -0.497 e. The van der Waals surface area contributed by atoms with Crippen molar-refractivity contribution in [1.82, 2.24) is 9.88 Å². The summed E-state index contributed by atoms with van der Waals surface area (Å²) in [5.74, 6) is 1.32. The van der Waals surface area contributed by atoms with Crippen LogP contribution < -0.4 is 14.8 Å². The van der Waals surface area contributed by atoms with Gasteiger partial charge < -0.3 is 19.7 Å². The van der Waals surface area contributed by atoms with E-state index in [4.69, 9.17) is 14.7 Å². The van der Waals surface area contributed by atoms with Crippen LogP contribution in [0.5, 0.6) is 11.5 Å². The number of hydrogen-bond donors (Lipinski definition) is 1. The molecule has 0 aliphatic carbocycles. The van der Waals surface area contributed by atoms with Crippen LogP contribution in [0.4, 0.5) is 5.13 Å². The van der Waals surface area contributed by atoms with Gasteiger partial charge in [0.1, 0.15) is 11.5 Å². The van der Waals surface area contributed by atoms with Crippen molar-refractivity contribution in [2.45, 2.75) is 19.3 Å². The van der Waals surface area contributed by atoms with Crippen LogP contribution in [-0.4, -0.2) is 49.6 Å². The lowest BCUT2D eigenvalue weighted by Gasteiger charge is -2.31. The van der Waals surface area contributed by atoms with Crippen LogP contribution in [0.3, 0.4) is 0 Å². The van der Waals surface area contributed by atoms with Gasteiger partial charge in [-0.1, -0.05) is 0 Å². The second-order valence-electron chi connectivity index (χ2n) is 6.64. The molecule has 2 heterocycles. The van der Waals surface area contributed by atoms with Crippen LogP contribution in [0.2, 0.25) is 0 Å². The molecule has 1 aromatic carbocycles. The summed E-state index contributed by atoms with van der Waals surface area (Å²) in [5, 5.41) is 14.2. The number of carbonyl (C=O) groups excluding carboxylic acids is 1. The number of ether oxygens (including phenoxy) is 2. The monoisotopic (exact) mass is 400 g/mol. The molecule has 1 unspecified atom stereocenters. The normalized spacial score (nSPS) is 17.0. The fraction of sp³-hybridized carbons (Fsp3) is 0.450. The molecule has 1 atom stereocenters. The maximum atomic E-state index is 12.7. The molecule has 7 nitrogen and oxygen atoms in total. The Bertz CT molecular complexity index is 861. The number of likely N-dealkylation sites (tertiary alicyclic amines) is 1. The topological polar surface area (TPSA) is 87.5 Å². The minimum atomic E-state index is -0.0776. The highest BCUT2D eigenvalue weighted by atomic mass is 32.1. The Hall–Kier alpha value is -2.63. The fourth-order valence-electron chi connectivity index (χ4n) is 3.36. The van der Waals surface area contributed by atoms with E-state index in [2.05, 4.69) is 21.3 Å². The molecular formula is C20H24N4O3S. The standard InChI is InChI=1S/C20H24N4O3S/c1-26-15-6-7-18(27-2)16(11-15)17-13-28-20(22-17)23-19(25)14-5-3-9-24(12-14)10-4-8-21/h6-7,11,13-14H,3-5,9-10,12H2,1-2H3,(H,22,23,25). The van der Waals surface area contributed by atoms with Gasteiger partial charge in [-0.3, -0.25) is 4.79 Å². The number of nitrogens with one attached hydrogen (secondary N) is 1. The molecule has 1 N–H and O–H groups in total. The first kappa shape index (κ1) is 20.1. The Morgan fingerprint density at radius 3 is 3.04 bits per heavy atom. The predicted octanol–water partition coefficient (Wildman–Crippen LogP) is 3.39. The van der Waals surface area contributed by atoms with Gasteiger partial charge in [-0.15, -0.1) is 11.3 Å². The van der Waals surface area contributed by atoms with Crippen molar-refractivity contribution in [3.05, 3.63) is 23.6 Å². The molecule has 3 rings (SSSR count). The van der Waals surface area contributed by atoms with E-state index in [1.54, 1.807) is 14.2 Å². The van der Waals surface area contributed by atoms with Gasteiger partial charge in [-0.2, -0.15) is 5.26 Å². The Morgan fingerprint density at radius 2 is 2.29 bits per heavy atom. The maximum absolute atomic E-state index is 12.7. The van der Waals surface area contributed by atoms with Crippen LogP contribution >= 0.6 is 11.3 Å². The largest absolute Gasteiger partial charge is 0.497 e. The summed E-state index contributed by atoms with van der Waals surface area (Å²) in [4.78, 5) is 19.4. The second-order valence-corrected chi connectivity index (χ2v) is 7.50. The first-order valence-corrected chi connectivity index (χ1v) is 10.1. The number of hydrogen-bond acceptors (Lipinski definition) is 7. The Kier molecular flexibility index (Phi) is 6.85. The van der Waals surface area contributed by atoms with Gasteiger partial charge in [0.15, 0.2) is 5.13 Å². The molecule has 0 bridgehead atoms. The van der Waals surface area contributed by atoms with E-state index >= 15 is 0 Å². The maximum Gasteiger partial charge on any atom is 0.230 e. The molecule has 148 valence electrons. The summed E-state index contributed by atoms with van der Waals surface area (Å²) in [7, 11) is 3.23. The Balaban J connectivity index is 1.68. The van der Waals surface area contributed by atoms with E-state index in [9.17, 15) is 4.79 Å². The zero-order valence-electron chi connectivity index (χ0n) is 16.1. The average molecular weight is 401 g/mol. The average Bonchev–Trinajstić information content (AvgIpc) is 3.20. The lowest BCUT2D eigenvalue weighted by molar-refractivity contribution is -0.121. The van der Waals surface area contributed by atoms with Crippen LogP contribution in [0.1, 0.15) is 19.3 Å². The zero-order valence-corrected chi connectivity index (χ0v) is 16.9. The van der Waals surface area contributed by atoms with E-state index in [-0.39, 0.29) is 11.8 Å². The number of benzene rings is 1. The van der Waals surface area contributed by atoms with E-state index in [0.717, 1.165) is 37.2 Å². The number of aromatic nitrogens is 1. The zero-order chi connectivity index (χ0) is 19.9. The number of carbonyl (C=O) groups is 1. The third-order valence-corrected chi connectivity index (χ3v) is 5.59. The van der Waals surface area contributed by atoms with Gasteiger partial charge in [0.2, 0.25) is 5.91 Å². The summed E-state index contributed by atoms with van der Waals surface area (Å²) in [5.41, 5.74) is 1.55. The molecule has 1 aliphatic heterocycles. The van der Waals surface area contributed by atoms with Gasteiger partial charge in [0.05, 0.1) is 31.9 Å². The minimum absolute atomic E-state index is 0.0137. The molecule has 1 aliphatic rings. The molecular weight excluding hydrogens is 376 g/mol. The third kappa shape index (κ3) is 4.80. The molecule has 2 aromatic rings. The van der Waals surface area contributed by atoms with Crippen molar-refractivity contribution < 1.29 is 14.3 Å². The molecule has 8 heteroatoms. The van der Waals surface area contributed by atoms with E-state index < -0.39 is 0 Å². The predicted molar refractivity (Wildman–Crippen MR) is 109 cm³/mol. The number of methoxy groups -OCH3 is 2. The molecule has 1 amide bonds. The van der Waals surface area contributed by atoms with E-state index in [1.807, 2.05) is 23.6 Å². The van der Waals surface area contributed by atoms with Gasteiger partial charge in [-0.05, 0) is 37.6 Å². The van der Waals surface area contributed by atoms with Crippen LogP contribution in [0, 0.1) is 17.2 Å². The molecule has 0 radical (unpaired) electrons. The summed E-state index contributed by atoms with van der Waals surface area (Å²) in [6.07, 6.45) is 2.32. The highest BCUT2D eigenvalue weighted by molar-refractivity contribution is 7.14. The van der Waals surface area contributed by atoms with Crippen molar-refractivity contribution in [3.63, 3.8) is 0 Å². The van der Waals surface area contributed by atoms with Gasteiger partial charge in [-0.25, -0.2) is 4.98 Å². The Morgan fingerprint density at radius 1 is 1.43 bits per heavy atom. The summed E-state index contributed by atoms with van der Waals surface area (Å²) in [6.45, 7) is 2.36. The number of anilines is 1. The number of nitriles is 1. The molecule has 1 fully saturated rings. The first-order valence-electron chi connectivity index (χ1n) is 9.22. The van der Waals surface area contributed by atoms with Gasteiger partial charge >= 0.3 is 0 Å². The number of nitrogens with zero attached hydrogens (tertiary/aromatic N) is 3. The number of thiazole rings is 1. The van der Waals surface area contributed by atoms with E-state index in [1.165, 1.54) is 11.3 Å². The quantitative estimate of drug-likeness (QED) is 0.766. The fourth-order valence-corrected chi connectivity index (χ4v) is 4.07. The van der Waals surface area contributed by atoms with Crippen molar-refractivity contribution in [2.24, 2.45) is 5.92 Å². The summed E-state index contributed by atoms with van der Waals surface area (Å²) >= 11 is 1.39. The first-order chi connectivity index (χ1) is 13.6. The number of piperidine rings is 1. The highest BCUT2D eigenvalue weighted by Gasteiger charge is 2.26. The SMILES string of the molecule is COc1ccc(OC)c(-c2csc(NC(=O)C3CCCN(CCC#N)C3)n2)c1. The van der Waals surface area contributed by atoms with Gasteiger partial charge in [0, 0.05) is 30.5 Å². The molecule has 0 spiro atoms. The molecule has 1 saturated heterocycles. The second kappa shape index (κ2) is 9.53. The van der Waals surface area contributed by atoms with Crippen molar-refractivity contribution >= 4 is 22.4 Å². The molecule has 1 aromatic heterocycles.